The van der Waals surface area contributed by atoms with Gasteiger partial charge in [-0.1, -0.05) is 26.7 Å². The lowest BCUT2D eigenvalue weighted by Gasteiger charge is -2.36. The molecule has 1 saturated carbocycles. The Kier molecular flexibility index (Phi) is 7.56. The molecule has 0 aromatic carbocycles. The second-order valence-electron chi connectivity index (χ2n) is 8.48. The van der Waals surface area contributed by atoms with Crippen LogP contribution in [0.25, 0.3) is 0 Å². The van der Waals surface area contributed by atoms with Crippen LogP contribution in [-0.2, 0) is 13.1 Å². The first kappa shape index (κ1) is 20.2. The molecule has 3 rings (SSSR count). The summed E-state index contributed by atoms with van der Waals surface area (Å²) in [5.74, 6) is 2.58. The van der Waals surface area contributed by atoms with E-state index >= 15 is 0 Å². The highest BCUT2D eigenvalue weighted by Gasteiger charge is 2.27. The van der Waals surface area contributed by atoms with Gasteiger partial charge in [0.1, 0.15) is 12.4 Å². The second-order valence-corrected chi connectivity index (χ2v) is 8.48. The summed E-state index contributed by atoms with van der Waals surface area (Å²) in [4.78, 5) is 12.0. The average Bonchev–Trinajstić information content (AvgIpc) is 3.32. The Morgan fingerprint density at radius 3 is 2.63 bits per heavy atom. The Bertz CT molecular complexity index is 579. The van der Waals surface area contributed by atoms with Crippen LogP contribution in [0.15, 0.2) is 17.4 Å². The standard InChI is InChI=1S/C21H38N6/c1-4-22-21(24-15-20-23-11-14-27(20)16-17(2)3)25-18-9-12-26(13-10-18)19-7-5-6-8-19/h11,14,17-19H,4-10,12-13,15-16H2,1-3H3,(H2,22,24,25). The number of rotatable bonds is 7. The van der Waals surface area contributed by atoms with Gasteiger partial charge in [0.15, 0.2) is 5.96 Å². The summed E-state index contributed by atoms with van der Waals surface area (Å²) in [6.07, 6.45) is 12.0. The fraction of sp³-hybridized carbons (Fsp3) is 0.810. The van der Waals surface area contributed by atoms with E-state index in [0.29, 0.717) is 18.5 Å². The van der Waals surface area contributed by atoms with Gasteiger partial charge in [-0.05, 0) is 38.5 Å². The van der Waals surface area contributed by atoms with Gasteiger partial charge >= 0.3 is 0 Å². The monoisotopic (exact) mass is 374 g/mol. The minimum absolute atomic E-state index is 0.524. The summed E-state index contributed by atoms with van der Waals surface area (Å²) in [6.45, 7) is 11.5. The van der Waals surface area contributed by atoms with Crippen LogP contribution in [0.1, 0.15) is 65.1 Å². The van der Waals surface area contributed by atoms with E-state index in [1.165, 1.54) is 51.6 Å². The molecule has 0 radical (unpaired) electrons. The third kappa shape index (κ3) is 5.96. The van der Waals surface area contributed by atoms with Crippen LogP contribution >= 0.6 is 0 Å². The van der Waals surface area contributed by atoms with Crippen molar-refractivity contribution in [3.63, 3.8) is 0 Å². The van der Waals surface area contributed by atoms with E-state index in [9.17, 15) is 0 Å². The molecule has 2 aliphatic rings. The molecule has 1 aromatic heterocycles. The predicted molar refractivity (Wildman–Crippen MR) is 112 cm³/mol. The Morgan fingerprint density at radius 1 is 1.22 bits per heavy atom. The number of nitrogens with zero attached hydrogens (tertiary/aromatic N) is 4. The molecule has 0 atom stereocenters. The molecule has 0 bridgehead atoms. The van der Waals surface area contributed by atoms with E-state index in [1.807, 2.05) is 6.20 Å². The molecular formula is C21H38N6. The number of hydrogen-bond acceptors (Lipinski definition) is 3. The van der Waals surface area contributed by atoms with Crippen LogP contribution in [0.3, 0.4) is 0 Å². The molecule has 0 amide bonds. The van der Waals surface area contributed by atoms with Gasteiger partial charge in [0, 0.05) is 50.7 Å². The molecule has 2 heterocycles. The second kappa shape index (κ2) is 10.1. The van der Waals surface area contributed by atoms with E-state index in [4.69, 9.17) is 4.99 Å². The largest absolute Gasteiger partial charge is 0.357 e. The van der Waals surface area contributed by atoms with Crippen LogP contribution in [0.4, 0.5) is 0 Å². The van der Waals surface area contributed by atoms with Crippen molar-refractivity contribution in [2.45, 2.75) is 84.5 Å². The van der Waals surface area contributed by atoms with Crippen molar-refractivity contribution in [2.75, 3.05) is 19.6 Å². The highest BCUT2D eigenvalue weighted by Crippen LogP contribution is 2.26. The van der Waals surface area contributed by atoms with Crippen molar-refractivity contribution < 1.29 is 0 Å². The number of aromatic nitrogens is 2. The van der Waals surface area contributed by atoms with E-state index in [0.717, 1.165) is 30.9 Å². The Hall–Kier alpha value is -1.56. The van der Waals surface area contributed by atoms with Crippen LogP contribution in [-0.4, -0.2) is 52.1 Å². The lowest BCUT2D eigenvalue weighted by atomic mass is 10.0. The average molecular weight is 375 g/mol. The number of hydrogen-bond donors (Lipinski definition) is 2. The van der Waals surface area contributed by atoms with Gasteiger partial charge in [-0.25, -0.2) is 9.98 Å². The molecule has 1 aliphatic carbocycles. The van der Waals surface area contributed by atoms with Gasteiger partial charge in [0.05, 0.1) is 0 Å². The minimum Gasteiger partial charge on any atom is -0.357 e. The summed E-state index contributed by atoms with van der Waals surface area (Å²) in [7, 11) is 0. The third-order valence-corrected chi connectivity index (χ3v) is 5.80. The fourth-order valence-electron chi connectivity index (χ4n) is 4.39. The topological polar surface area (TPSA) is 57.5 Å². The summed E-state index contributed by atoms with van der Waals surface area (Å²) in [6, 6.07) is 1.38. The zero-order chi connectivity index (χ0) is 19.1. The summed E-state index contributed by atoms with van der Waals surface area (Å²) >= 11 is 0. The van der Waals surface area contributed by atoms with E-state index in [-0.39, 0.29) is 0 Å². The molecule has 1 saturated heterocycles. The molecule has 1 aliphatic heterocycles. The first-order valence-electron chi connectivity index (χ1n) is 10.9. The first-order chi connectivity index (χ1) is 13.2. The molecule has 27 heavy (non-hydrogen) atoms. The molecule has 6 heteroatoms. The van der Waals surface area contributed by atoms with Gasteiger partial charge in [0.2, 0.25) is 0 Å². The normalized spacial score (nSPS) is 20.5. The quantitative estimate of drug-likeness (QED) is 0.569. The lowest BCUT2D eigenvalue weighted by Crippen LogP contribution is -2.50. The molecule has 1 aromatic rings. The van der Waals surface area contributed by atoms with Gasteiger partial charge in [-0.15, -0.1) is 0 Å². The Balaban J connectivity index is 1.51. The van der Waals surface area contributed by atoms with Gasteiger partial charge < -0.3 is 20.1 Å². The van der Waals surface area contributed by atoms with Crippen LogP contribution < -0.4 is 10.6 Å². The molecular weight excluding hydrogens is 336 g/mol. The van der Waals surface area contributed by atoms with Crippen LogP contribution in [0.5, 0.6) is 0 Å². The zero-order valence-electron chi connectivity index (χ0n) is 17.5. The Morgan fingerprint density at radius 2 is 1.96 bits per heavy atom. The predicted octanol–water partition coefficient (Wildman–Crippen LogP) is 3.00. The number of guanidine groups is 1. The number of nitrogens with one attached hydrogen (secondary N) is 2. The molecule has 0 unspecified atom stereocenters. The number of piperidine rings is 1. The molecule has 0 spiro atoms. The number of aliphatic imine (C=N–C) groups is 1. The molecule has 2 N–H and O–H groups in total. The molecule has 2 fully saturated rings. The minimum atomic E-state index is 0.524. The zero-order valence-corrected chi connectivity index (χ0v) is 17.5. The van der Waals surface area contributed by atoms with Crippen molar-refractivity contribution in [1.29, 1.82) is 0 Å². The van der Waals surface area contributed by atoms with Gasteiger partial charge in [-0.3, -0.25) is 0 Å². The van der Waals surface area contributed by atoms with Crippen molar-refractivity contribution >= 4 is 5.96 Å². The first-order valence-corrected chi connectivity index (χ1v) is 10.9. The van der Waals surface area contributed by atoms with Gasteiger partial charge in [-0.2, -0.15) is 0 Å². The lowest BCUT2D eigenvalue weighted by molar-refractivity contribution is 0.150. The van der Waals surface area contributed by atoms with Crippen LogP contribution in [0.2, 0.25) is 0 Å². The summed E-state index contributed by atoms with van der Waals surface area (Å²) in [5.41, 5.74) is 0. The maximum atomic E-state index is 4.81. The SMILES string of the molecule is CCNC(=NCc1nccn1CC(C)C)NC1CCN(C2CCCC2)CC1. The van der Waals surface area contributed by atoms with Crippen molar-refractivity contribution in [2.24, 2.45) is 10.9 Å². The van der Waals surface area contributed by atoms with E-state index in [2.05, 4.69) is 52.1 Å². The number of likely N-dealkylation sites (tertiary alicyclic amines) is 1. The number of imidazole rings is 1. The highest BCUT2D eigenvalue weighted by atomic mass is 15.2. The van der Waals surface area contributed by atoms with Crippen molar-refractivity contribution in [1.82, 2.24) is 25.1 Å². The highest BCUT2D eigenvalue weighted by molar-refractivity contribution is 5.80. The van der Waals surface area contributed by atoms with E-state index in [1.54, 1.807) is 0 Å². The van der Waals surface area contributed by atoms with Crippen molar-refractivity contribution in [3.8, 4) is 0 Å². The summed E-state index contributed by atoms with van der Waals surface area (Å²) < 4.78 is 2.22. The third-order valence-electron chi connectivity index (χ3n) is 5.80. The van der Waals surface area contributed by atoms with Gasteiger partial charge in [0.25, 0.3) is 0 Å². The summed E-state index contributed by atoms with van der Waals surface area (Å²) in [5, 5.41) is 7.07. The van der Waals surface area contributed by atoms with Crippen LogP contribution in [0, 0.1) is 5.92 Å². The molecule has 152 valence electrons. The van der Waals surface area contributed by atoms with Crippen molar-refractivity contribution in [3.05, 3.63) is 18.2 Å². The smallest absolute Gasteiger partial charge is 0.191 e. The Labute approximate surface area is 164 Å². The molecule has 6 nitrogen and oxygen atoms in total. The van der Waals surface area contributed by atoms with E-state index < -0.39 is 0 Å². The fourth-order valence-corrected chi connectivity index (χ4v) is 4.39. The maximum Gasteiger partial charge on any atom is 0.191 e. The maximum absolute atomic E-state index is 4.81.